The van der Waals surface area contributed by atoms with Crippen molar-refractivity contribution in [2.24, 2.45) is 4.99 Å². The van der Waals surface area contributed by atoms with Gasteiger partial charge in [0.15, 0.2) is 5.96 Å². The number of aliphatic imine (C=N–C) groups is 1. The van der Waals surface area contributed by atoms with Crippen LogP contribution in [0.15, 0.2) is 59.9 Å². The van der Waals surface area contributed by atoms with Crippen LogP contribution in [0.1, 0.15) is 5.56 Å². The van der Waals surface area contributed by atoms with Crippen molar-refractivity contribution in [1.82, 2.24) is 14.9 Å². The minimum absolute atomic E-state index is 0.819. The average molecular weight is 291 g/mol. The third kappa shape index (κ3) is 2.53. The summed E-state index contributed by atoms with van der Waals surface area (Å²) in [6.45, 7) is 2.55. The maximum Gasteiger partial charge on any atom is 0.195 e. The number of hydrogen-bond acceptors (Lipinski definition) is 4. The highest BCUT2D eigenvalue weighted by atomic mass is 15.2. The van der Waals surface area contributed by atoms with E-state index in [1.807, 2.05) is 24.5 Å². The van der Waals surface area contributed by atoms with E-state index >= 15 is 0 Å². The lowest BCUT2D eigenvalue weighted by molar-refractivity contribution is 0.824. The molecule has 3 aromatic rings. The summed E-state index contributed by atoms with van der Waals surface area (Å²) in [6.07, 6.45) is 1.90. The van der Waals surface area contributed by atoms with Crippen LogP contribution in [0.25, 0.3) is 11.0 Å². The third-order valence-corrected chi connectivity index (χ3v) is 3.75. The molecule has 0 atom stereocenters. The average Bonchev–Trinajstić information content (AvgIpc) is 3.19. The Morgan fingerprint density at radius 1 is 1.14 bits per heavy atom. The highest BCUT2D eigenvalue weighted by molar-refractivity contribution is 5.96. The molecule has 0 amide bonds. The van der Waals surface area contributed by atoms with E-state index in [1.165, 1.54) is 5.56 Å². The van der Waals surface area contributed by atoms with Crippen molar-refractivity contribution in [2.45, 2.75) is 6.54 Å². The Hall–Kier alpha value is -2.82. The fourth-order valence-electron chi connectivity index (χ4n) is 2.66. The first-order valence-corrected chi connectivity index (χ1v) is 7.43. The van der Waals surface area contributed by atoms with Gasteiger partial charge in [0.1, 0.15) is 0 Å². The van der Waals surface area contributed by atoms with Crippen molar-refractivity contribution in [3.63, 3.8) is 0 Å². The van der Waals surface area contributed by atoms with E-state index in [9.17, 15) is 0 Å². The maximum absolute atomic E-state index is 4.48. The highest BCUT2D eigenvalue weighted by Crippen LogP contribution is 2.19. The van der Waals surface area contributed by atoms with E-state index in [0.717, 1.165) is 42.3 Å². The molecule has 2 heterocycles. The molecule has 0 saturated heterocycles. The van der Waals surface area contributed by atoms with E-state index < -0.39 is 0 Å². The normalized spacial score (nSPS) is 13.9. The predicted molar refractivity (Wildman–Crippen MR) is 89.2 cm³/mol. The van der Waals surface area contributed by atoms with Crippen LogP contribution < -0.4 is 10.6 Å². The second-order valence-corrected chi connectivity index (χ2v) is 5.34. The molecule has 0 spiro atoms. The summed E-state index contributed by atoms with van der Waals surface area (Å²) in [5.74, 6) is 0.841. The largest absolute Gasteiger partial charge is 0.354 e. The van der Waals surface area contributed by atoms with Crippen LogP contribution in [0.5, 0.6) is 0 Å². The van der Waals surface area contributed by atoms with Gasteiger partial charge in [-0.05, 0) is 23.8 Å². The van der Waals surface area contributed by atoms with E-state index in [0.29, 0.717) is 0 Å². The molecule has 0 fully saturated rings. The van der Waals surface area contributed by atoms with Gasteiger partial charge < -0.3 is 15.2 Å². The second-order valence-electron chi connectivity index (χ2n) is 5.34. The van der Waals surface area contributed by atoms with Crippen molar-refractivity contribution < 1.29 is 0 Å². The van der Waals surface area contributed by atoms with Gasteiger partial charge in [-0.3, -0.25) is 4.99 Å². The molecule has 1 aromatic heterocycles. The number of rotatable bonds is 3. The quantitative estimate of drug-likeness (QED) is 0.779. The lowest BCUT2D eigenvalue weighted by Crippen LogP contribution is -2.26. The minimum Gasteiger partial charge on any atom is -0.354 e. The molecule has 2 N–H and O–H groups in total. The van der Waals surface area contributed by atoms with Gasteiger partial charge in [0.05, 0.1) is 23.9 Å². The zero-order valence-corrected chi connectivity index (χ0v) is 12.2. The second kappa shape index (κ2) is 5.52. The Morgan fingerprint density at radius 3 is 2.86 bits per heavy atom. The first-order valence-electron chi connectivity index (χ1n) is 7.43. The zero-order chi connectivity index (χ0) is 14.8. The van der Waals surface area contributed by atoms with Gasteiger partial charge >= 0.3 is 0 Å². The van der Waals surface area contributed by atoms with E-state index in [1.54, 1.807) is 0 Å². The topological polar surface area (TPSA) is 54.2 Å². The van der Waals surface area contributed by atoms with E-state index in [-0.39, 0.29) is 0 Å². The fraction of sp³-hybridized carbons (Fsp3) is 0.176. The van der Waals surface area contributed by atoms with Crippen LogP contribution in [-0.2, 0) is 6.54 Å². The molecule has 1 aliphatic heterocycles. The van der Waals surface area contributed by atoms with Crippen molar-refractivity contribution in [2.75, 3.05) is 18.4 Å². The Kier molecular flexibility index (Phi) is 3.23. The van der Waals surface area contributed by atoms with Crippen LogP contribution in [0.3, 0.4) is 0 Å². The van der Waals surface area contributed by atoms with Crippen LogP contribution in [0, 0.1) is 0 Å². The summed E-state index contributed by atoms with van der Waals surface area (Å²) in [7, 11) is 0. The Labute approximate surface area is 128 Å². The van der Waals surface area contributed by atoms with Crippen molar-refractivity contribution in [3.8, 4) is 0 Å². The first kappa shape index (κ1) is 12.9. The molecule has 4 rings (SSSR count). The summed E-state index contributed by atoms with van der Waals surface area (Å²) in [5, 5.41) is 6.53. The van der Waals surface area contributed by atoms with Gasteiger partial charge in [0.25, 0.3) is 0 Å². The van der Waals surface area contributed by atoms with Gasteiger partial charge in [-0.2, -0.15) is 0 Å². The summed E-state index contributed by atoms with van der Waals surface area (Å²) in [5.41, 5.74) is 4.41. The van der Waals surface area contributed by atoms with Gasteiger partial charge in [-0.15, -0.1) is 0 Å². The standard InChI is InChI=1S/C17H17N5/c1-2-4-13(5-3-1)11-22-12-20-15-7-6-14(10-16(15)22)21-17-18-8-9-19-17/h1-7,10,12H,8-9,11H2,(H2,18,19,21). The molecule has 0 unspecified atom stereocenters. The van der Waals surface area contributed by atoms with Crippen LogP contribution in [-0.4, -0.2) is 28.6 Å². The molecular weight excluding hydrogens is 274 g/mol. The van der Waals surface area contributed by atoms with Crippen LogP contribution in [0.4, 0.5) is 5.69 Å². The molecule has 0 aliphatic carbocycles. The number of guanidine groups is 1. The van der Waals surface area contributed by atoms with E-state index in [4.69, 9.17) is 0 Å². The SMILES string of the molecule is c1ccc(Cn2cnc3ccc(NC4=NCCN4)cc32)cc1. The lowest BCUT2D eigenvalue weighted by Gasteiger charge is -2.08. The molecular formula is C17H17N5. The molecule has 0 saturated carbocycles. The number of nitrogens with zero attached hydrogens (tertiary/aromatic N) is 3. The molecule has 5 heteroatoms. The summed E-state index contributed by atoms with van der Waals surface area (Å²) < 4.78 is 2.17. The Balaban J connectivity index is 1.64. The summed E-state index contributed by atoms with van der Waals surface area (Å²) in [4.78, 5) is 8.84. The maximum atomic E-state index is 4.48. The molecule has 2 aromatic carbocycles. The summed E-state index contributed by atoms with van der Waals surface area (Å²) in [6, 6.07) is 16.6. The molecule has 5 nitrogen and oxygen atoms in total. The molecule has 0 bridgehead atoms. The number of hydrogen-bond donors (Lipinski definition) is 2. The van der Waals surface area contributed by atoms with Crippen molar-refractivity contribution >= 4 is 22.7 Å². The number of anilines is 1. The van der Waals surface area contributed by atoms with Crippen molar-refractivity contribution in [3.05, 3.63) is 60.4 Å². The number of aromatic nitrogens is 2. The molecule has 1 aliphatic rings. The number of benzene rings is 2. The number of imidazole rings is 1. The molecule has 0 radical (unpaired) electrons. The Morgan fingerprint density at radius 2 is 2.05 bits per heavy atom. The number of nitrogens with one attached hydrogen (secondary N) is 2. The number of fused-ring (bicyclic) bond motifs is 1. The Bertz CT molecular complexity index is 819. The molecule has 110 valence electrons. The smallest absolute Gasteiger partial charge is 0.195 e. The van der Waals surface area contributed by atoms with Gasteiger partial charge in [-0.1, -0.05) is 30.3 Å². The summed E-state index contributed by atoms with van der Waals surface area (Å²) >= 11 is 0. The monoisotopic (exact) mass is 291 g/mol. The van der Waals surface area contributed by atoms with Gasteiger partial charge in [-0.25, -0.2) is 4.98 Å². The van der Waals surface area contributed by atoms with Crippen LogP contribution >= 0.6 is 0 Å². The fourth-order valence-corrected chi connectivity index (χ4v) is 2.66. The van der Waals surface area contributed by atoms with Crippen LogP contribution in [0.2, 0.25) is 0 Å². The lowest BCUT2D eigenvalue weighted by atomic mass is 10.2. The van der Waals surface area contributed by atoms with Gasteiger partial charge in [0.2, 0.25) is 0 Å². The zero-order valence-electron chi connectivity index (χ0n) is 12.2. The minimum atomic E-state index is 0.819. The molecule has 22 heavy (non-hydrogen) atoms. The van der Waals surface area contributed by atoms with Crippen molar-refractivity contribution in [1.29, 1.82) is 0 Å². The first-order chi connectivity index (χ1) is 10.9. The third-order valence-electron chi connectivity index (χ3n) is 3.75. The highest BCUT2D eigenvalue weighted by Gasteiger charge is 2.08. The van der Waals surface area contributed by atoms with Gasteiger partial charge in [0, 0.05) is 18.8 Å². The van der Waals surface area contributed by atoms with E-state index in [2.05, 4.69) is 55.5 Å². The predicted octanol–water partition coefficient (Wildman–Crippen LogP) is 2.46.